The van der Waals surface area contributed by atoms with Crippen molar-refractivity contribution in [1.29, 1.82) is 0 Å². The van der Waals surface area contributed by atoms with E-state index < -0.39 is 6.04 Å². The predicted octanol–water partition coefficient (Wildman–Crippen LogP) is 4.74. The molecule has 156 valence electrons. The maximum absolute atomic E-state index is 13.1. The number of ether oxygens (including phenoxy) is 2. The Morgan fingerprint density at radius 1 is 0.900 bits per heavy atom. The van der Waals surface area contributed by atoms with Gasteiger partial charge in [0.15, 0.2) is 0 Å². The molecular formula is C25H28N2O3. The highest BCUT2D eigenvalue weighted by atomic mass is 16.5. The molecular weight excluding hydrogens is 376 g/mol. The number of carbonyl (C=O) groups excluding carboxylic acids is 1. The van der Waals surface area contributed by atoms with Crippen LogP contribution in [0, 0.1) is 6.92 Å². The number of amides is 1. The van der Waals surface area contributed by atoms with Gasteiger partial charge in [-0.1, -0.05) is 60.2 Å². The molecule has 0 aromatic heterocycles. The van der Waals surface area contributed by atoms with Crippen LogP contribution in [-0.4, -0.2) is 25.7 Å². The van der Waals surface area contributed by atoms with Gasteiger partial charge in [-0.15, -0.1) is 0 Å². The molecule has 0 radical (unpaired) electrons. The summed E-state index contributed by atoms with van der Waals surface area (Å²) in [5.41, 5.74) is 2.73. The van der Waals surface area contributed by atoms with Crippen molar-refractivity contribution in [2.45, 2.75) is 19.9 Å². The Balaban J connectivity index is 1.65. The molecule has 0 saturated carbocycles. The van der Waals surface area contributed by atoms with Crippen LogP contribution in [0.2, 0.25) is 0 Å². The number of para-hydroxylation sites is 2. The quantitative estimate of drug-likeness (QED) is 0.479. The Morgan fingerprint density at radius 2 is 1.60 bits per heavy atom. The summed E-state index contributed by atoms with van der Waals surface area (Å²) in [7, 11) is 0. The second-order valence-corrected chi connectivity index (χ2v) is 6.88. The van der Waals surface area contributed by atoms with Gasteiger partial charge in [-0.3, -0.25) is 10.1 Å². The van der Waals surface area contributed by atoms with E-state index in [9.17, 15) is 4.79 Å². The topological polar surface area (TPSA) is 59.6 Å². The van der Waals surface area contributed by atoms with Gasteiger partial charge in [0.2, 0.25) is 5.91 Å². The summed E-state index contributed by atoms with van der Waals surface area (Å²) in [6.07, 6.45) is 0. The van der Waals surface area contributed by atoms with Gasteiger partial charge in [0.1, 0.15) is 24.1 Å². The molecule has 5 heteroatoms. The first kappa shape index (κ1) is 21.4. The molecule has 0 saturated heterocycles. The van der Waals surface area contributed by atoms with Crippen molar-refractivity contribution in [2.75, 3.05) is 25.1 Å². The third-order valence-corrected chi connectivity index (χ3v) is 4.58. The maximum atomic E-state index is 13.1. The first-order valence-electron chi connectivity index (χ1n) is 10.2. The van der Waals surface area contributed by atoms with Crippen LogP contribution in [0.1, 0.15) is 24.1 Å². The average Bonchev–Trinajstić information content (AvgIpc) is 2.77. The van der Waals surface area contributed by atoms with Gasteiger partial charge in [-0.25, -0.2) is 0 Å². The van der Waals surface area contributed by atoms with E-state index in [-0.39, 0.29) is 5.91 Å². The third kappa shape index (κ3) is 6.09. The average molecular weight is 405 g/mol. The molecule has 3 aromatic carbocycles. The van der Waals surface area contributed by atoms with E-state index in [1.807, 2.05) is 92.7 Å². The largest absolute Gasteiger partial charge is 0.492 e. The lowest BCUT2D eigenvalue weighted by Crippen LogP contribution is -2.35. The summed E-state index contributed by atoms with van der Waals surface area (Å²) in [6, 6.07) is 24.5. The Morgan fingerprint density at radius 3 is 2.33 bits per heavy atom. The van der Waals surface area contributed by atoms with E-state index in [0.717, 1.165) is 11.3 Å². The summed E-state index contributed by atoms with van der Waals surface area (Å²) >= 11 is 0. The van der Waals surface area contributed by atoms with Crippen LogP contribution in [0.5, 0.6) is 11.5 Å². The summed E-state index contributed by atoms with van der Waals surface area (Å²) < 4.78 is 11.4. The summed E-state index contributed by atoms with van der Waals surface area (Å²) in [4.78, 5) is 13.1. The number of benzene rings is 3. The molecule has 0 heterocycles. The van der Waals surface area contributed by atoms with Crippen LogP contribution in [0.25, 0.3) is 0 Å². The van der Waals surface area contributed by atoms with E-state index >= 15 is 0 Å². The fourth-order valence-corrected chi connectivity index (χ4v) is 3.07. The molecule has 5 nitrogen and oxygen atoms in total. The number of hydrogen-bond acceptors (Lipinski definition) is 4. The van der Waals surface area contributed by atoms with E-state index in [0.29, 0.717) is 31.2 Å². The second kappa shape index (κ2) is 11.0. The molecule has 1 amide bonds. The summed E-state index contributed by atoms with van der Waals surface area (Å²) in [5.74, 6) is 1.32. The molecule has 30 heavy (non-hydrogen) atoms. The Hall–Kier alpha value is -3.31. The maximum Gasteiger partial charge on any atom is 0.246 e. The minimum absolute atomic E-state index is 0.149. The molecule has 1 atom stereocenters. The molecule has 2 N–H and O–H groups in total. The van der Waals surface area contributed by atoms with Crippen molar-refractivity contribution in [1.82, 2.24) is 5.32 Å². The standard InChI is InChI=1S/C25H28N2O3/c1-3-29-23-12-8-7-11-22(23)27-25(28)24(20-9-5-4-6-10-20)26-17-18-30-21-15-13-19(2)14-16-21/h4-16,24,26H,3,17-18H2,1-2H3,(H,27,28)/t24-/m1/s1. The Kier molecular flexibility index (Phi) is 7.86. The highest BCUT2D eigenvalue weighted by molar-refractivity contribution is 5.96. The van der Waals surface area contributed by atoms with Crippen LogP contribution in [0.4, 0.5) is 5.69 Å². The van der Waals surface area contributed by atoms with Crippen molar-refractivity contribution >= 4 is 11.6 Å². The van der Waals surface area contributed by atoms with E-state index in [1.165, 1.54) is 5.56 Å². The number of carbonyl (C=O) groups is 1. The lowest BCUT2D eigenvalue weighted by Gasteiger charge is -2.20. The number of nitrogens with one attached hydrogen (secondary N) is 2. The lowest BCUT2D eigenvalue weighted by atomic mass is 10.1. The highest BCUT2D eigenvalue weighted by Gasteiger charge is 2.21. The highest BCUT2D eigenvalue weighted by Crippen LogP contribution is 2.25. The van der Waals surface area contributed by atoms with Crippen molar-refractivity contribution in [3.8, 4) is 11.5 Å². The predicted molar refractivity (Wildman–Crippen MR) is 120 cm³/mol. The molecule has 0 aliphatic heterocycles. The third-order valence-electron chi connectivity index (χ3n) is 4.58. The van der Waals surface area contributed by atoms with Gasteiger partial charge in [0.25, 0.3) is 0 Å². The van der Waals surface area contributed by atoms with Gasteiger partial charge in [-0.2, -0.15) is 0 Å². The minimum Gasteiger partial charge on any atom is -0.492 e. The van der Waals surface area contributed by atoms with Crippen molar-refractivity contribution in [2.24, 2.45) is 0 Å². The molecule has 0 bridgehead atoms. The number of anilines is 1. The van der Waals surface area contributed by atoms with Crippen molar-refractivity contribution in [3.05, 3.63) is 90.0 Å². The fourth-order valence-electron chi connectivity index (χ4n) is 3.07. The van der Waals surface area contributed by atoms with E-state index in [4.69, 9.17) is 9.47 Å². The van der Waals surface area contributed by atoms with E-state index in [2.05, 4.69) is 10.6 Å². The molecule has 0 spiro atoms. The summed E-state index contributed by atoms with van der Waals surface area (Å²) in [6.45, 7) is 5.46. The van der Waals surface area contributed by atoms with Crippen LogP contribution in [0.3, 0.4) is 0 Å². The van der Waals surface area contributed by atoms with E-state index in [1.54, 1.807) is 0 Å². The van der Waals surface area contributed by atoms with Crippen molar-refractivity contribution < 1.29 is 14.3 Å². The Labute approximate surface area is 178 Å². The van der Waals surface area contributed by atoms with Gasteiger partial charge >= 0.3 is 0 Å². The fraction of sp³-hybridized carbons (Fsp3) is 0.240. The zero-order valence-electron chi connectivity index (χ0n) is 17.4. The second-order valence-electron chi connectivity index (χ2n) is 6.88. The molecule has 0 fully saturated rings. The Bertz CT molecular complexity index is 927. The molecule has 0 aliphatic rings. The first-order valence-corrected chi connectivity index (χ1v) is 10.2. The van der Waals surface area contributed by atoms with Crippen LogP contribution in [0.15, 0.2) is 78.9 Å². The minimum atomic E-state index is -0.512. The molecule has 3 rings (SSSR count). The van der Waals surface area contributed by atoms with Crippen LogP contribution in [-0.2, 0) is 4.79 Å². The van der Waals surface area contributed by atoms with Gasteiger partial charge < -0.3 is 14.8 Å². The van der Waals surface area contributed by atoms with Crippen LogP contribution >= 0.6 is 0 Å². The zero-order chi connectivity index (χ0) is 21.2. The molecule has 0 unspecified atom stereocenters. The number of aryl methyl sites for hydroxylation is 1. The zero-order valence-corrected chi connectivity index (χ0v) is 17.4. The van der Waals surface area contributed by atoms with Gasteiger partial charge in [0.05, 0.1) is 12.3 Å². The van der Waals surface area contributed by atoms with Crippen molar-refractivity contribution in [3.63, 3.8) is 0 Å². The smallest absolute Gasteiger partial charge is 0.246 e. The summed E-state index contributed by atoms with van der Waals surface area (Å²) in [5, 5.41) is 6.30. The van der Waals surface area contributed by atoms with Gasteiger partial charge in [0, 0.05) is 6.54 Å². The number of rotatable bonds is 10. The lowest BCUT2D eigenvalue weighted by molar-refractivity contribution is -0.118. The molecule has 0 aliphatic carbocycles. The normalized spacial score (nSPS) is 11.5. The molecule has 3 aromatic rings. The first-order chi connectivity index (χ1) is 14.7. The monoisotopic (exact) mass is 404 g/mol. The number of hydrogen-bond donors (Lipinski definition) is 2. The van der Waals surface area contributed by atoms with Gasteiger partial charge in [-0.05, 0) is 43.7 Å². The SMILES string of the molecule is CCOc1ccccc1NC(=O)[C@H](NCCOc1ccc(C)cc1)c1ccccc1. The van der Waals surface area contributed by atoms with Crippen LogP contribution < -0.4 is 20.1 Å².